The van der Waals surface area contributed by atoms with Gasteiger partial charge >= 0.3 is 0 Å². The molecule has 1 saturated heterocycles. The van der Waals surface area contributed by atoms with Crippen LogP contribution < -0.4 is 10.2 Å². The Morgan fingerprint density at radius 2 is 1.90 bits per heavy atom. The van der Waals surface area contributed by atoms with Crippen LogP contribution in [-0.2, 0) is 5.41 Å². The van der Waals surface area contributed by atoms with Gasteiger partial charge in [0.1, 0.15) is 5.82 Å². The van der Waals surface area contributed by atoms with Gasteiger partial charge in [0, 0.05) is 18.8 Å². The van der Waals surface area contributed by atoms with E-state index in [1.54, 1.807) is 0 Å². The molecule has 3 nitrogen and oxygen atoms in total. The zero-order valence-electron chi connectivity index (χ0n) is 14.3. The van der Waals surface area contributed by atoms with Crippen molar-refractivity contribution in [2.75, 3.05) is 24.5 Å². The Morgan fingerprint density at radius 1 is 1.24 bits per heavy atom. The summed E-state index contributed by atoms with van der Waals surface area (Å²) in [6.07, 6.45) is 4.61. The Morgan fingerprint density at radius 3 is 2.38 bits per heavy atom. The molecular weight excluding hydrogens is 258 g/mol. The number of anilines is 1. The van der Waals surface area contributed by atoms with E-state index in [0.29, 0.717) is 6.04 Å². The van der Waals surface area contributed by atoms with E-state index in [4.69, 9.17) is 4.98 Å². The Kier molecular flexibility index (Phi) is 5.26. The second kappa shape index (κ2) is 6.78. The molecule has 0 spiro atoms. The number of aromatic nitrogens is 1. The van der Waals surface area contributed by atoms with Crippen LogP contribution in [0.4, 0.5) is 5.82 Å². The van der Waals surface area contributed by atoms with Crippen LogP contribution in [-0.4, -0.2) is 30.7 Å². The standard InChI is InChI=1S/C18H31N3/c1-14(2)21(13-15-8-10-19-11-9-15)17-7-6-16(12-20-17)18(3,4)5/h6-7,12,14-15,19H,8-11,13H2,1-5H3. The maximum atomic E-state index is 4.74. The number of hydrogen-bond donors (Lipinski definition) is 1. The van der Waals surface area contributed by atoms with Crippen LogP contribution in [0.25, 0.3) is 0 Å². The number of rotatable bonds is 4. The highest BCUT2D eigenvalue weighted by Crippen LogP contribution is 2.25. The third-order valence-electron chi connectivity index (χ3n) is 4.45. The first-order chi connectivity index (χ1) is 9.88. The summed E-state index contributed by atoms with van der Waals surface area (Å²) >= 11 is 0. The summed E-state index contributed by atoms with van der Waals surface area (Å²) in [6.45, 7) is 14.7. The van der Waals surface area contributed by atoms with Crippen molar-refractivity contribution >= 4 is 5.82 Å². The molecule has 1 aliphatic heterocycles. The van der Waals surface area contributed by atoms with E-state index in [1.165, 1.54) is 18.4 Å². The number of hydrogen-bond acceptors (Lipinski definition) is 3. The fourth-order valence-electron chi connectivity index (χ4n) is 2.91. The van der Waals surface area contributed by atoms with E-state index < -0.39 is 0 Å². The highest BCUT2D eigenvalue weighted by molar-refractivity contribution is 5.41. The molecule has 0 radical (unpaired) electrons. The third kappa shape index (κ3) is 4.44. The fraction of sp³-hybridized carbons (Fsp3) is 0.722. The molecule has 0 aromatic carbocycles. The van der Waals surface area contributed by atoms with Gasteiger partial charge in [0.2, 0.25) is 0 Å². The number of nitrogens with one attached hydrogen (secondary N) is 1. The smallest absolute Gasteiger partial charge is 0.128 e. The van der Waals surface area contributed by atoms with Crippen molar-refractivity contribution in [2.24, 2.45) is 5.92 Å². The predicted octanol–water partition coefficient (Wildman–Crippen LogP) is 3.59. The highest BCUT2D eigenvalue weighted by Gasteiger charge is 2.21. The average molecular weight is 289 g/mol. The van der Waals surface area contributed by atoms with E-state index in [-0.39, 0.29) is 5.41 Å². The van der Waals surface area contributed by atoms with Crippen LogP contribution in [0, 0.1) is 5.92 Å². The van der Waals surface area contributed by atoms with Crippen molar-refractivity contribution in [3.8, 4) is 0 Å². The van der Waals surface area contributed by atoms with Crippen molar-refractivity contribution in [1.82, 2.24) is 10.3 Å². The molecule has 0 unspecified atom stereocenters. The van der Waals surface area contributed by atoms with Crippen molar-refractivity contribution in [3.63, 3.8) is 0 Å². The van der Waals surface area contributed by atoms with Gasteiger partial charge in [-0.15, -0.1) is 0 Å². The van der Waals surface area contributed by atoms with E-state index >= 15 is 0 Å². The second-order valence-corrected chi connectivity index (χ2v) is 7.59. The number of pyridine rings is 1. The zero-order valence-corrected chi connectivity index (χ0v) is 14.3. The van der Waals surface area contributed by atoms with Gasteiger partial charge < -0.3 is 10.2 Å². The molecular formula is C18H31N3. The summed E-state index contributed by atoms with van der Waals surface area (Å²) < 4.78 is 0. The van der Waals surface area contributed by atoms with Crippen molar-refractivity contribution in [2.45, 2.75) is 58.9 Å². The normalized spacial score (nSPS) is 17.2. The first kappa shape index (κ1) is 16.3. The maximum Gasteiger partial charge on any atom is 0.128 e. The molecule has 21 heavy (non-hydrogen) atoms. The molecule has 2 heterocycles. The molecule has 0 saturated carbocycles. The van der Waals surface area contributed by atoms with E-state index in [0.717, 1.165) is 31.4 Å². The first-order valence-electron chi connectivity index (χ1n) is 8.32. The van der Waals surface area contributed by atoms with E-state index in [2.05, 4.69) is 57.0 Å². The molecule has 1 fully saturated rings. The summed E-state index contributed by atoms with van der Waals surface area (Å²) in [5.41, 5.74) is 1.47. The van der Waals surface area contributed by atoms with Gasteiger partial charge in [0.25, 0.3) is 0 Å². The molecule has 1 N–H and O–H groups in total. The van der Waals surface area contributed by atoms with Crippen LogP contribution in [0.1, 0.15) is 53.0 Å². The quantitative estimate of drug-likeness (QED) is 0.918. The molecule has 1 aromatic heterocycles. The minimum atomic E-state index is 0.170. The Bertz CT molecular complexity index is 425. The van der Waals surface area contributed by atoms with Gasteiger partial charge in [-0.1, -0.05) is 26.8 Å². The van der Waals surface area contributed by atoms with Gasteiger partial charge in [-0.3, -0.25) is 0 Å². The summed E-state index contributed by atoms with van der Waals surface area (Å²) in [5, 5.41) is 3.45. The van der Waals surface area contributed by atoms with Crippen molar-refractivity contribution in [1.29, 1.82) is 0 Å². The van der Waals surface area contributed by atoms with Crippen LogP contribution in [0.3, 0.4) is 0 Å². The van der Waals surface area contributed by atoms with Crippen LogP contribution in [0.2, 0.25) is 0 Å². The van der Waals surface area contributed by atoms with Gasteiger partial charge in [-0.05, 0) is 62.7 Å². The summed E-state index contributed by atoms with van der Waals surface area (Å²) in [7, 11) is 0. The Balaban J connectivity index is 2.10. The fourth-order valence-corrected chi connectivity index (χ4v) is 2.91. The lowest BCUT2D eigenvalue weighted by Gasteiger charge is -2.34. The molecule has 0 bridgehead atoms. The Labute approximate surface area is 130 Å². The number of piperidine rings is 1. The van der Waals surface area contributed by atoms with Gasteiger partial charge in [-0.2, -0.15) is 0 Å². The third-order valence-corrected chi connectivity index (χ3v) is 4.45. The largest absolute Gasteiger partial charge is 0.354 e. The van der Waals surface area contributed by atoms with Gasteiger partial charge in [0.15, 0.2) is 0 Å². The summed E-state index contributed by atoms with van der Waals surface area (Å²) in [6, 6.07) is 4.93. The van der Waals surface area contributed by atoms with Crippen LogP contribution in [0.5, 0.6) is 0 Å². The average Bonchev–Trinajstić information content (AvgIpc) is 2.45. The SMILES string of the molecule is CC(C)N(CC1CCNCC1)c1ccc(C(C)(C)C)cn1. The van der Waals surface area contributed by atoms with Crippen molar-refractivity contribution in [3.05, 3.63) is 23.9 Å². The lowest BCUT2D eigenvalue weighted by atomic mass is 9.88. The summed E-state index contributed by atoms with van der Waals surface area (Å²) in [4.78, 5) is 7.20. The minimum absolute atomic E-state index is 0.170. The molecule has 1 aromatic rings. The topological polar surface area (TPSA) is 28.2 Å². The zero-order chi connectivity index (χ0) is 15.5. The van der Waals surface area contributed by atoms with E-state index in [1.807, 2.05) is 6.20 Å². The van der Waals surface area contributed by atoms with Crippen LogP contribution >= 0.6 is 0 Å². The molecule has 3 heteroatoms. The molecule has 0 atom stereocenters. The molecule has 0 amide bonds. The molecule has 2 rings (SSSR count). The van der Waals surface area contributed by atoms with Crippen molar-refractivity contribution < 1.29 is 0 Å². The Hall–Kier alpha value is -1.09. The highest BCUT2D eigenvalue weighted by atomic mass is 15.2. The second-order valence-electron chi connectivity index (χ2n) is 7.59. The number of nitrogens with zero attached hydrogens (tertiary/aromatic N) is 2. The molecule has 1 aliphatic rings. The maximum absolute atomic E-state index is 4.74. The molecule has 0 aliphatic carbocycles. The van der Waals surface area contributed by atoms with Gasteiger partial charge in [-0.25, -0.2) is 4.98 Å². The van der Waals surface area contributed by atoms with Gasteiger partial charge in [0.05, 0.1) is 0 Å². The van der Waals surface area contributed by atoms with Crippen LogP contribution in [0.15, 0.2) is 18.3 Å². The lowest BCUT2D eigenvalue weighted by molar-refractivity contribution is 0.367. The monoisotopic (exact) mass is 289 g/mol. The molecule has 118 valence electrons. The first-order valence-corrected chi connectivity index (χ1v) is 8.32. The lowest BCUT2D eigenvalue weighted by Crippen LogP contribution is -2.40. The minimum Gasteiger partial charge on any atom is -0.354 e. The predicted molar refractivity (Wildman–Crippen MR) is 91.0 cm³/mol. The summed E-state index contributed by atoms with van der Waals surface area (Å²) in [5.74, 6) is 1.91. The van der Waals surface area contributed by atoms with E-state index in [9.17, 15) is 0 Å².